The minimum absolute atomic E-state index is 0.777. The first kappa shape index (κ1) is 13.6. The van der Waals surface area contributed by atoms with Gasteiger partial charge in [0, 0.05) is 6.54 Å². The highest BCUT2D eigenvalue weighted by Crippen LogP contribution is 2.28. The summed E-state index contributed by atoms with van der Waals surface area (Å²) < 4.78 is 5.62. The fourth-order valence-electron chi connectivity index (χ4n) is 2.99. The van der Waals surface area contributed by atoms with Crippen molar-refractivity contribution in [2.75, 3.05) is 20.1 Å². The molecule has 18 heavy (non-hydrogen) atoms. The molecule has 0 aliphatic heterocycles. The van der Waals surface area contributed by atoms with Crippen LogP contribution in [0.25, 0.3) is 0 Å². The van der Waals surface area contributed by atoms with Crippen LogP contribution in [0.2, 0.25) is 0 Å². The van der Waals surface area contributed by atoms with E-state index in [4.69, 9.17) is 10.2 Å². The van der Waals surface area contributed by atoms with E-state index in [0.717, 1.165) is 36.4 Å². The van der Waals surface area contributed by atoms with E-state index < -0.39 is 0 Å². The average Bonchev–Trinajstić information content (AvgIpc) is 2.75. The molecule has 3 nitrogen and oxygen atoms in total. The zero-order valence-electron chi connectivity index (χ0n) is 11.7. The number of hydrogen-bond acceptors (Lipinski definition) is 3. The lowest BCUT2D eigenvalue weighted by Crippen LogP contribution is -2.29. The van der Waals surface area contributed by atoms with Crippen molar-refractivity contribution in [1.82, 2.24) is 4.90 Å². The van der Waals surface area contributed by atoms with Crippen molar-refractivity contribution in [1.29, 1.82) is 0 Å². The molecule has 0 spiro atoms. The Morgan fingerprint density at radius 2 is 1.89 bits per heavy atom. The van der Waals surface area contributed by atoms with Gasteiger partial charge in [-0.15, -0.1) is 0 Å². The zero-order valence-corrected chi connectivity index (χ0v) is 11.7. The third-order valence-electron chi connectivity index (χ3n) is 4.09. The van der Waals surface area contributed by atoms with E-state index >= 15 is 0 Å². The van der Waals surface area contributed by atoms with Crippen LogP contribution in [0.5, 0.6) is 0 Å². The molecule has 3 heteroatoms. The van der Waals surface area contributed by atoms with Crippen LogP contribution in [-0.2, 0) is 6.54 Å². The summed E-state index contributed by atoms with van der Waals surface area (Å²) in [6, 6.07) is 4.12. The Morgan fingerprint density at radius 1 is 1.22 bits per heavy atom. The highest BCUT2D eigenvalue weighted by atomic mass is 16.3. The molecule has 0 amide bonds. The first-order chi connectivity index (χ1) is 8.67. The van der Waals surface area contributed by atoms with E-state index in [1.807, 2.05) is 13.0 Å². The van der Waals surface area contributed by atoms with Gasteiger partial charge in [0.15, 0.2) is 0 Å². The second kappa shape index (κ2) is 6.39. The summed E-state index contributed by atoms with van der Waals surface area (Å²) in [5.74, 6) is 3.70. The van der Waals surface area contributed by atoms with Crippen molar-refractivity contribution in [2.45, 2.75) is 39.2 Å². The van der Waals surface area contributed by atoms with Gasteiger partial charge in [0.05, 0.1) is 6.54 Å². The fraction of sp³-hybridized carbons (Fsp3) is 0.733. The van der Waals surface area contributed by atoms with Crippen LogP contribution in [-0.4, -0.2) is 25.0 Å². The fourth-order valence-corrected chi connectivity index (χ4v) is 2.99. The highest BCUT2D eigenvalue weighted by molar-refractivity contribution is 5.05. The minimum atomic E-state index is 0.777. The summed E-state index contributed by atoms with van der Waals surface area (Å²) in [7, 11) is 2.19. The zero-order chi connectivity index (χ0) is 13.0. The van der Waals surface area contributed by atoms with Crippen LogP contribution in [0.1, 0.15) is 37.2 Å². The molecule has 1 heterocycles. The molecule has 0 bridgehead atoms. The first-order valence-corrected chi connectivity index (χ1v) is 7.11. The van der Waals surface area contributed by atoms with Crippen LogP contribution in [0.4, 0.5) is 0 Å². The maximum Gasteiger partial charge on any atom is 0.118 e. The molecule has 1 aliphatic rings. The van der Waals surface area contributed by atoms with Crippen molar-refractivity contribution in [3.63, 3.8) is 0 Å². The lowest BCUT2D eigenvalue weighted by Gasteiger charge is -2.30. The monoisotopic (exact) mass is 250 g/mol. The van der Waals surface area contributed by atoms with Crippen molar-refractivity contribution >= 4 is 0 Å². The number of aryl methyl sites for hydroxylation is 1. The quantitative estimate of drug-likeness (QED) is 0.873. The molecule has 1 aromatic rings. The van der Waals surface area contributed by atoms with Gasteiger partial charge < -0.3 is 10.2 Å². The molecule has 102 valence electrons. The lowest BCUT2D eigenvalue weighted by atomic mass is 9.82. The molecule has 1 aromatic heterocycles. The summed E-state index contributed by atoms with van der Waals surface area (Å²) in [5, 5.41) is 0. The van der Waals surface area contributed by atoms with E-state index in [2.05, 4.69) is 18.0 Å². The summed E-state index contributed by atoms with van der Waals surface area (Å²) in [4.78, 5) is 2.38. The molecule has 0 atom stereocenters. The number of hydrogen-bond donors (Lipinski definition) is 1. The molecule has 0 saturated heterocycles. The molecule has 0 radical (unpaired) electrons. The number of rotatable bonds is 5. The van der Waals surface area contributed by atoms with Gasteiger partial charge in [-0.2, -0.15) is 0 Å². The second-order valence-corrected chi connectivity index (χ2v) is 5.83. The smallest absolute Gasteiger partial charge is 0.118 e. The van der Waals surface area contributed by atoms with Gasteiger partial charge in [-0.05, 0) is 70.2 Å². The molecule has 1 aliphatic carbocycles. The topological polar surface area (TPSA) is 42.4 Å². The molecular formula is C15H26N2O. The molecular weight excluding hydrogens is 224 g/mol. The SMILES string of the molecule is Cc1ccc(CN(C)CC2CCC(CN)CC2)o1. The van der Waals surface area contributed by atoms with Crippen molar-refractivity contribution in [3.05, 3.63) is 23.7 Å². The predicted molar refractivity (Wildman–Crippen MR) is 74.3 cm³/mol. The highest BCUT2D eigenvalue weighted by Gasteiger charge is 2.21. The van der Waals surface area contributed by atoms with Gasteiger partial charge in [-0.3, -0.25) is 4.90 Å². The first-order valence-electron chi connectivity index (χ1n) is 7.11. The molecule has 1 saturated carbocycles. The van der Waals surface area contributed by atoms with Gasteiger partial charge in [0.2, 0.25) is 0 Å². The summed E-state index contributed by atoms with van der Waals surface area (Å²) in [6.45, 7) is 4.97. The normalized spacial score (nSPS) is 24.7. The van der Waals surface area contributed by atoms with Gasteiger partial charge >= 0.3 is 0 Å². The predicted octanol–water partition coefficient (Wildman–Crippen LogP) is 2.78. The van der Waals surface area contributed by atoms with E-state index in [1.54, 1.807) is 0 Å². The number of nitrogens with zero attached hydrogens (tertiary/aromatic N) is 1. The maximum absolute atomic E-state index is 5.73. The Balaban J connectivity index is 1.73. The van der Waals surface area contributed by atoms with Crippen LogP contribution in [0.3, 0.4) is 0 Å². The second-order valence-electron chi connectivity index (χ2n) is 5.83. The third-order valence-corrected chi connectivity index (χ3v) is 4.09. The van der Waals surface area contributed by atoms with Crippen LogP contribution in [0.15, 0.2) is 16.5 Å². The molecule has 2 N–H and O–H groups in total. The molecule has 0 unspecified atom stereocenters. The Kier molecular flexibility index (Phi) is 4.84. The molecule has 1 fully saturated rings. The number of furan rings is 1. The van der Waals surface area contributed by atoms with E-state index in [0.29, 0.717) is 0 Å². The van der Waals surface area contributed by atoms with Gasteiger partial charge in [0.25, 0.3) is 0 Å². The van der Waals surface area contributed by atoms with Crippen LogP contribution < -0.4 is 5.73 Å². The largest absolute Gasteiger partial charge is 0.465 e. The Bertz CT molecular complexity index is 353. The molecule has 0 aromatic carbocycles. The molecule has 2 rings (SSSR count). The third kappa shape index (κ3) is 3.85. The van der Waals surface area contributed by atoms with E-state index in [9.17, 15) is 0 Å². The van der Waals surface area contributed by atoms with Gasteiger partial charge in [0.1, 0.15) is 11.5 Å². The van der Waals surface area contributed by atoms with Crippen molar-refractivity contribution in [3.8, 4) is 0 Å². The maximum atomic E-state index is 5.73. The van der Waals surface area contributed by atoms with Gasteiger partial charge in [-0.25, -0.2) is 0 Å². The summed E-state index contributed by atoms with van der Waals surface area (Å²) in [6.07, 6.45) is 5.30. The Morgan fingerprint density at radius 3 is 2.44 bits per heavy atom. The average molecular weight is 250 g/mol. The van der Waals surface area contributed by atoms with E-state index in [1.165, 1.54) is 32.2 Å². The Hall–Kier alpha value is -0.800. The summed E-state index contributed by atoms with van der Waals surface area (Å²) in [5.41, 5.74) is 5.73. The Labute approximate surface area is 110 Å². The standard InChI is InChI=1S/C15H26N2O/c1-12-3-8-15(18-12)11-17(2)10-14-6-4-13(9-16)5-7-14/h3,8,13-14H,4-7,9-11,16H2,1-2H3. The van der Waals surface area contributed by atoms with Crippen molar-refractivity contribution in [2.24, 2.45) is 17.6 Å². The number of nitrogens with two attached hydrogens (primary N) is 1. The van der Waals surface area contributed by atoms with Gasteiger partial charge in [-0.1, -0.05) is 0 Å². The minimum Gasteiger partial charge on any atom is -0.465 e. The van der Waals surface area contributed by atoms with Crippen LogP contribution in [0, 0.1) is 18.8 Å². The lowest BCUT2D eigenvalue weighted by molar-refractivity contribution is 0.193. The van der Waals surface area contributed by atoms with Crippen molar-refractivity contribution < 1.29 is 4.42 Å². The summed E-state index contributed by atoms with van der Waals surface area (Å²) >= 11 is 0. The van der Waals surface area contributed by atoms with E-state index in [-0.39, 0.29) is 0 Å². The van der Waals surface area contributed by atoms with Crippen LogP contribution >= 0.6 is 0 Å².